The van der Waals surface area contributed by atoms with E-state index >= 15 is 0 Å². The molecule has 4 heteroatoms. The van der Waals surface area contributed by atoms with Crippen LogP contribution in [0.25, 0.3) is 0 Å². The van der Waals surface area contributed by atoms with E-state index in [0.29, 0.717) is 13.0 Å². The second kappa shape index (κ2) is 6.49. The van der Waals surface area contributed by atoms with Crippen LogP contribution >= 0.6 is 11.8 Å². The number of carbonyl (C=O) groups is 1. The van der Waals surface area contributed by atoms with Gasteiger partial charge < -0.3 is 11.1 Å². The van der Waals surface area contributed by atoms with E-state index in [-0.39, 0.29) is 11.9 Å². The van der Waals surface area contributed by atoms with Crippen LogP contribution in [0.3, 0.4) is 0 Å². The van der Waals surface area contributed by atoms with Gasteiger partial charge in [0.05, 0.1) is 0 Å². The summed E-state index contributed by atoms with van der Waals surface area (Å²) in [6.07, 6.45) is 2.57. The Balaban J connectivity index is 3.36. The molecule has 1 unspecified atom stereocenters. The first-order chi connectivity index (χ1) is 5.20. The van der Waals surface area contributed by atoms with E-state index in [4.69, 9.17) is 5.73 Å². The molecule has 0 spiro atoms. The zero-order chi connectivity index (χ0) is 8.69. The first-order valence-electron chi connectivity index (χ1n) is 3.69. The van der Waals surface area contributed by atoms with Crippen molar-refractivity contribution in [1.29, 1.82) is 0 Å². The SMILES string of the molecule is CSCCC(=O)NC(C)CN. The van der Waals surface area contributed by atoms with E-state index in [1.165, 1.54) is 0 Å². The number of hydrogen-bond donors (Lipinski definition) is 2. The van der Waals surface area contributed by atoms with E-state index in [0.717, 1.165) is 5.75 Å². The molecular weight excluding hydrogens is 160 g/mol. The third kappa shape index (κ3) is 6.19. The Morgan fingerprint density at radius 3 is 2.82 bits per heavy atom. The third-order valence-corrected chi connectivity index (χ3v) is 1.91. The van der Waals surface area contributed by atoms with Gasteiger partial charge in [-0.15, -0.1) is 0 Å². The zero-order valence-electron chi connectivity index (χ0n) is 7.09. The van der Waals surface area contributed by atoms with Crippen molar-refractivity contribution in [2.45, 2.75) is 19.4 Å². The van der Waals surface area contributed by atoms with E-state index in [2.05, 4.69) is 5.32 Å². The van der Waals surface area contributed by atoms with Gasteiger partial charge in [-0.25, -0.2) is 0 Å². The topological polar surface area (TPSA) is 55.1 Å². The second-order valence-electron chi connectivity index (χ2n) is 2.45. The summed E-state index contributed by atoms with van der Waals surface area (Å²) in [5.41, 5.74) is 5.33. The van der Waals surface area contributed by atoms with Gasteiger partial charge in [0.15, 0.2) is 0 Å². The molecule has 3 nitrogen and oxygen atoms in total. The lowest BCUT2D eigenvalue weighted by Gasteiger charge is -2.10. The number of nitrogens with two attached hydrogens (primary N) is 1. The fourth-order valence-corrected chi connectivity index (χ4v) is 0.990. The molecule has 0 aliphatic carbocycles. The van der Waals surface area contributed by atoms with Crippen molar-refractivity contribution in [1.82, 2.24) is 5.32 Å². The van der Waals surface area contributed by atoms with Gasteiger partial charge in [0, 0.05) is 24.8 Å². The van der Waals surface area contributed by atoms with Gasteiger partial charge in [-0.05, 0) is 13.2 Å². The lowest BCUT2D eigenvalue weighted by molar-refractivity contribution is -0.121. The van der Waals surface area contributed by atoms with Crippen molar-refractivity contribution in [2.75, 3.05) is 18.6 Å². The van der Waals surface area contributed by atoms with Crippen LogP contribution in [-0.2, 0) is 4.79 Å². The fraction of sp³-hybridized carbons (Fsp3) is 0.857. The Morgan fingerprint density at radius 2 is 2.36 bits per heavy atom. The first kappa shape index (κ1) is 10.8. The highest BCUT2D eigenvalue weighted by molar-refractivity contribution is 7.98. The minimum absolute atomic E-state index is 0.0947. The van der Waals surface area contributed by atoms with Crippen molar-refractivity contribution in [2.24, 2.45) is 5.73 Å². The molecule has 0 rings (SSSR count). The van der Waals surface area contributed by atoms with Crippen LogP contribution in [0.2, 0.25) is 0 Å². The average molecular weight is 176 g/mol. The fourth-order valence-electron chi connectivity index (χ4n) is 0.601. The standard InChI is InChI=1S/C7H16N2OS/c1-6(5-8)9-7(10)3-4-11-2/h6H,3-5,8H2,1-2H3,(H,9,10). The van der Waals surface area contributed by atoms with Crippen molar-refractivity contribution in [3.05, 3.63) is 0 Å². The van der Waals surface area contributed by atoms with Crippen LogP contribution < -0.4 is 11.1 Å². The molecular formula is C7H16N2OS. The maximum atomic E-state index is 11.0. The predicted molar refractivity (Wildman–Crippen MR) is 49.7 cm³/mol. The molecule has 0 fully saturated rings. The van der Waals surface area contributed by atoms with Gasteiger partial charge in [-0.1, -0.05) is 0 Å². The van der Waals surface area contributed by atoms with Crippen LogP contribution in [0.4, 0.5) is 0 Å². The van der Waals surface area contributed by atoms with Gasteiger partial charge in [-0.2, -0.15) is 11.8 Å². The lowest BCUT2D eigenvalue weighted by Crippen LogP contribution is -2.37. The maximum absolute atomic E-state index is 11.0. The summed E-state index contributed by atoms with van der Waals surface area (Å²) in [7, 11) is 0. The van der Waals surface area contributed by atoms with Gasteiger partial charge in [-0.3, -0.25) is 4.79 Å². The van der Waals surface area contributed by atoms with Gasteiger partial charge in [0.1, 0.15) is 0 Å². The summed E-state index contributed by atoms with van der Waals surface area (Å²) >= 11 is 1.67. The summed E-state index contributed by atoms with van der Waals surface area (Å²) in [6, 6.07) is 0.101. The average Bonchev–Trinajstić information content (AvgIpc) is 2.00. The third-order valence-electron chi connectivity index (χ3n) is 1.29. The molecule has 0 radical (unpaired) electrons. The molecule has 0 aromatic heterocycles. The largest absolute Gasteiger partial charge is 0.352 e. The molecule has 0 saturated carbocycles. The second-order valence-corrected chi connectivity index (χ2v) is 3.43. The minimum Gasteiger partial charge on any atom is -0.352 e. The molecule has 0 aromatic carbocycles. The van der Waals surface area contributed by atoms with Crippen molar-refractivity contribution in [3.8, 4) is 0 Å². The number of hydrogen-bond acceptors (Lipinski definition) is 3. The summed E-state index contributed by atoms with van der Waals surface area (Å²) in [4.78, 5) is 11.0. The smallest absolute Gasteiger partial charge is 0.221 e. The molecule has 0 aromatic rings. The summed E-state index contributed by atoms with van der Waals surface area (Å²) in [5.74, 6) is 0.973. The molecule has 0 aliphatic rings. The van der Waals surface area contributed by atoms with E-state index < -0.39 is 0 Å². The van der Waals surface area contributed by atoms with Gasteiger partial charge in [0.25, 0.3) is 0 Å². The number of thioether (sulfide) groups is 1. The van der Waals surface area contributed by atoms with Crippen LogP contribution in [0.5, 0.6) is 0 Å². The Hall–Kier alpha value is -0.220. The van der Waals surface area contributed by atoms with Crippen LogP contribution in [-0.4, -0.2) is 30.5 Å². The molecule has 0 saturated heterocycles. The van der Waals surface area contributed by atoms with E-state index in [9.17, 15) is 4.79 Å². The molecule has 1 atom stereocenters. The molecule has 66 valence electrons. The van der Waals surface area contributed by atoms with Crippen molar-refractivity contribution >= 4 is 17.7 Å². The molecule has 0 bridgehead atoms. The lowest BCUT2D eigenvalue weighted by atomic mass is 10.3. The van der Waals surface area contributed by atoms with E-state index in [1.54, 1.807) is 11.8 Å². The molecule has 0 heterocycles. The van der Waals surface area contributed by atoms with E-state index in [1.807, 2.05) is 13.2 Å². The quantitative estimate of drug-likeness (QED) is 0.629. The highest BCUT2D eigenvalue weighted by Gasteiger charge is 2.03. The summed E-state index contributed by atoms with van der Waals surface area (Å²) in [5, 5.41) is 2.79. The maximum Gasteiger partial charge on any atom is 0.221 e. The molecule has 11 heavy (non-hydrogen) atoms. The summed E-state index contributed by atoms with van der Waals surface area (Å²) < 4.78 is 0. The minimum atomic E-state index is 0.0947. The monoisotopic (exact) mass is 176 g/mol. The first-order valence-corrected chi connectivity index (χ1v) is 5.08. The van der Waals surface area contributed by atoms with Crippen molar-refractivity contribution in [3.63, 3.8) is 0 Å². The number of nitrogens with one attached hydrogen (secondary N) is 1. The van der Waals surface area contributed by atoms with Crippen LogP contribution in [0, 0.1) is 0 Å². The number of rotatable bonds is 5. The molecule has 0 aliphatic heterocycles. The normalized spacial score (nSPS) is 12.6. The highest BCUT2D eigenvalue weighted by Crippen LogP contribution is 1.94. The van der Waals surface area contributed by atoms with Crippen molar-refractivity contribution < 1.29 is 4.79 Å². The van der Waals surface area contributed by atoms with Crippen LogP contribution in [0.1, 0.15) is 13.3 Å². The van der Waals surface area contributed by atoms with Crippen LogP contribution in [0.15, 0.2) is 0 Å². The Kier molecular flexibility index (Phi) is 6.36. The summed E-state index contributed by atoms with van der Waals surface area (Å²) in [6.45, 7) is 2.40. The molecule has 3 N–H and O–H groups in total. The number of amides is 1. The zero-order valence-corrected chi connectivity index (χ0v) is 7.91. The Morgan fingerprint density at radius 1 is 1.73 bits per heavy atom. The Bertz CT molecular complexity index is 119. The Labute approximate surface area is 72.1 Å². The highest BCUT2D eigenvalue weighted by atomic mass is 32.2. The predicted octanol–water partition coefficient (Wildman–Crippen LogP) is 0.203. The van der Waals surface area contributed by atoms with Gasteiger partial charge >= 0.3 is 0 Å². The molecule has 1 amide bonds. The number of carbonyl (C=O) groups excluding carboxylic acids is 1. The van der Waals surface area contributed by atoms with Gasteiger partial charge in [0.2, 0.25) is 5.91 Å².